The molecule has 0 radical (unpaired) electrons. The molecule has 0 amide bonds. The molecule has 1 atom stereocenters. The zero-order chi connectivity index (χ0) is 10.4. The van der Waals surface area contributed by atoms with E-state index in [1.165, 1.54) is 11.5 Å². The molecule has 3 heteroatoms. The number of furan rings is 1. The lowest BCUT2D eigenvalue weighted by Gasteiger charge is -2.10. The Morgan fingerprint density at radius 1 is 1.50 bits per heavy atom. The smallest absolute Gasteiger partial charge is 0.120 e. The number of nitrogens with one attached hydrogen (secondary N) is 1. The number of aryl methyl sites for hydroxylation is 1. The third kappa shape index (κ3) is 3.76. The Morgan fingerprint density at radius 3 is 2.86 bits per heavy atom. The van der Waals surface area contributed by atoms with Crippen LogP contribution in [0.5, 0.6) is 0 Å². The van der Waals surface area contributed by atoms with Crippen LogP contribution in [-0.2, 0) is 0 Å². The molecule has 1 aromatic rings. The summed E-state index contributed by atoms with van der Waals surface area (Å²) in [6, 6.07) is 4.37. The summed E-state index contributed by atoms with van der Waals surface area (Å²) in [5.41, 5.74) is 0. The van der Waals surface area contributed by atoms with Crippen molar-refractivity contribution in [1.29, 1.82) is 0 Å². The minimum absolute atomic E-state index is 0.321. The first kappa shape index (κ1) is 11.7. The zero-order valence-electron chi connectivity index (χ0n) is 9.17. The van der Waals surface area contributed by atoms with Gasteiger partial charge in [-0.05, 0) is 31.7 Å². The molecule has 0 spiro atoms. The summed E-state index contributed by atoms with van der Waals surface area (Å²) in [5, 5.41) is 3.43. The van der Waals surface area contributed by atoms with Gasteiger partial charge in [0.2, 0.25) is 0 Å². The maximum absolute atomic E-state index is 5.53. The van der Waals surface area contributed by atoms with Gasteiger partial charge < -0.3 is 9.73 Å². The predicted molar refractivity (Wildman–Crippen MR) is 62.9 cm³/mol. The van der Waals surface area contributed by atoms with Crippen molar-refractivity contribution >= 4 is 11.8 Å². The highest BCUT2D eigenvalue weighted by atomic mass is 32.2. The SMILES string of the molecule is CCSCCN[C@@H](C)c1ccc(C)o1. The van der Waals surface area contributed by atoms with Crippen molar-refractivity contribution in [2.75, 3.05) is 18.1 Å². The molecule has 0 bridgehead atoms. The molecular formula is C11H19NOS. The molecule has 1 rings (SSSR count). The van der Waals surface area contributed by atoms with Crippen molar-refractivity contribution < 1.29 is 4.42 Å². The molecule has 14 heavy (non-hydrogen) atoms. The minimum Gasteiger partial charge on any atom is -0.465 e. The molecule has 0 aliphatic carbocycles. The molecule has 0 fully saturated rings. The fourth-order valence-corrected chi connectivity index (χ4v) is 1.83. The third-order valence-corrected chi connectivity index (χ3v) is 2.99. The maximum Gasteiger partial charge on any atom is 0.120 e. The van der Waals surface area contributed by atoms with Crippen molar-refractivity contribution in [3.8, 4) is 0 Å². The summed E-state index contributed by atoms with van der Waals surface area (Å²) < 4.78 is 5.53. The van der Waals surface area contributed by atoms with Crippen LogP contribution in [0.2, 0.25) is 0 Å². The highest BCUT2D eigenvalue weighted by molar-refractivity contribution is 7.99. The topological polar surface area (TPSA) is 25.2 Å². The van der Waals surface area contributed by atoms with Gasteiger partial charge in [-0.1, -0.05) is 6.92 Å². The Balaban J connectivity index is 2.25. The second-order valence-electron chi connectivity index (χ2n) is 3.32. The van der Waals surface area contributed by atoms with E-state index in [-0.39, 0.29) is 0 Å². The quantitative estimate of drug-likeness (QED) is 0.735. The van der Waals surface area contributed by atoms with Gasteiger partial charge in [-0.3, -0.25) is 0 Å². The van der Waals surface area contributed by atoms with E-state index in [0.717, 1.165) is 18.1 Å². The fraction of sp³-hybridized carbons (Fsp3) is 0.636. The Labute approximate surface area is 90.5 Å². The molecule has 1 heterocycles. The molecular weight excluding hydrogens is 194 g/mol. The zero-order valence-corrected chi connectivity index (χ0v) is 9.99. The lowest BCUT2D eigenvalue weighted by atomic mass is 10.2. The predicted octanol–water partition coefficient (Wildman–Crippen LogP) is 2.99. The van der Waals surface area contributed by atoms with Gasteiger partial charge in [0.1, 0.15) is 11.5 Å². The Kier molecular flexibility index (Phi) is 5.12. The molecule has 0 saturated carbocycles. The van der Waals surface area contributed by atoms with Crippen LogP contribution in [0.3, 0.4) is 0 Å². The molecule has 0 unspecified atom stereocenters. The molecule has 0 saturated heterocycles. The van der Waals surface area contributed by atoms with Gasteiger partial charge >= 0.3 is 0 Å². The number of rotatable bonds is 6. The van der Waals surface area contributed by atoms with Crippen LogP contribution < -0.4 is 5.32 Å². The van der Waals surface area contributed by atoms with Gasteiger partial charge in [-0.25, -0.2) is 0 Å². The monoisotopic (exact) mass is 213 g/mol. The molecule has 0 aliphatic rings. The fourth-order valence-electron chi connectivity index (χ4n) is 1.28. The lowest BCUT2D eigenvalue weighted by Crippen LogP contribution is -2.20. The first-order valence-corrected chi connectivity index (χ1v) is 6.27. The Morgan fingerprint density at radius 2 is 2.29 bits per heavy atom. The van der Waals surface area contributed by atoms with Crippen molar-refractivity contribution in [2.45, 2.75) is 26.8 Å². The molecule has 80 valence electrons. The highest BCUT2D eigenvalue weighted by Gasteiger charge is 2.07. The van der Waals surface area contributed by atoms with Gasteiger partial charge in [0.25, 0.3) is 0 Å². The third-order valence-electron chi connectivity index (χ3n) is 2.09. The van der Waals surface area contributed by atoms with E-state index in [4.69, 9.17) is 4.42 Å². The molecule has 1 N–H and O–H groups in total. The lowest BCUT2D eigenvalue weighted by molar-refractivity contribution is 0.422. The molecule has 0 aliphatic heterocycles. The maximum atomic E-state index is 5.53. The standard InChI is InChI=1S/C11H19NOS/c1-4-14-8-7-12-10(3)11-6-5-9(2)13-11/h5-6,10,12H,4,7-8H2,1-3H3/t10-/m0/s1. The first-order chi connectivity index (χ1) is 6.74. The normalized spacial score (nSPS) is 13.1. The van der Waals surface area contributed by atoms with Crippen LogP contribution in [0.1, 0.15) is 31.4 Å². The average molecular weight is 213 g/mol. The van der Waals surface area contributed by atoms with Crippen LogP contribution >= 0.6 is 11.8 Å². The van der Waals surface area contributed by atoms with Gasteiger partial charge in [-0.2, -0.15) is 11.8 Å². The van der Waals surface area contributed by atoms with Gasteiger partial charge in [0, 0.05) is 12.3 Å². The van der Waals surface area contributed by atoms with Crippen LogP contribution in [-0.4, -0.2) is 18.1 Å². The molecule has 0 aromatic carbocycles. The average Bonchev–Trinajstić information content (AvgIpc) is 2.59. The second kappa shape index (κ2) is 6.14. The van der Waals surface area contributed by atoms with Gasteiger partial charge in [0.15, 0.2) is 0 Å². The van der Waals surface area contributed by atoms with E-state index >= 15 is 0 Å². The van der Waals surface area contributed by atoms with Crippen molar-refractivity contribution in [2.24, 2.45) is 0 Å². The number of thioether (sulfide) groups is 1. The number of hydrogen-bond acceptors (Lipinski definition) is 3. The van der Waals surface area contributed by atoms with E-state index in [0.29, 0.717) is 6.04 Å². The summed E-state index contributed by atoms with van der Waals surface area (Å²) in [5.74, 6) is 4.37. The highest BCUT2D eigenvalue weighted by Crippen LogP contribution is 2.15. The summed E-state index contributed by atoms with van der Waals surface area (Å²) in [6.45, 7) is 7.33. The van der Waals surface area contributed by atoms with E-state index in [1.807, 2.05) is 30.8 Å². The minimum atomic E-state index is 0.321. The largest absolute Gasteiger partial charge is 0.465 e. The van der Waals surface area contributed by atoms with Crippen molar-refractivity contribution in [3.05, 3.63) is 23.7 Å². The Bertz CT molecular complexity index is 260. The van der Waals surface area contributed by atoms with E-state index in [1.54, 1.807) is 0 Å². The molecule has 2 nitrogen and oxygen atoms in total. The number of hydrogen-bond donors (Lipinski definition) is 1. The van der Waals surface area contributed by atoms with Gasteiger partial charge in [-0.15, -0.1) is 0 Å². The van der Waals surface area contributed by atoms with Crippen LogP contribution in [0.15, 0.2) is 16.5 Å². The van der Waals surface area contributed by atoms with Crippen LogP contribution in [0.4, 0.5) is 0 Å². The summed E-state index contributed by atoms with van der Waals surface area (Å²) >= 11 is 1.96. The van der Waals surface area contributed by atoms with Crippen LogP contribution in [0.25, 0.3) is 0 Å². The summed E-state index contributed by atoms with van der Waals surface area (Å²) in [4.78, 5) is 0. The van der Waals surface area contributed by atoms with E-state index < -0.39 is 0 Å². The van der Waals surface area contributed by atoms with Crippen LogP contribution in [0, 0.1) is 6.92 Å². The van der Waals surface area contributed by atoms with Crippen molar-refractivity contribution in [3.63, 3.8) is 0 Å². The Hall–Kier alpha value is -0.410. The van der Waals surface area contributed by atoms with E-state index in [9.17, 15) is 0 Å². The molecule has 1 aromatic heterocycles. The summed E-state index contributed by atoms with van der Waals surface area (Å²) in [7, 11) is 0. The second-order valence-corrected chi connectivity index (χ2v) is 4.71. The summed E-state index contributed by atoms with van der Waals surface area (Å²) in [6.07, 6.45) is 0. The first-order valence-electron chi connectivity index (χ1n) is 5.11. The van der Waals surface area contributed by atoms with Gasteiger partial charge in [0.05, 0.1) is 6.04 Å². The van der Waals surface area contributed by atoms with E-state index in [2.05, 4.69) is 19.2 Å². The van der Waals surface area contributed by atoms with Crippen molar-refractivity contribution in [1.82, 2.24) is 5.32 Å².